The molecule has 2 aromatic rings. The highest BCUT2D eigenvalue weighted by Gasteiger charge is 2.04. The molecular formula is C10H10BrNO. The second kappa shape index (κ2) is 3.52. The summed E-state index contributed by atoms with van der Waals surface area (Å²) in [4.78, 5) is 0. The van der Waals surface area contributed by atoms with Crippen LogP contribution < -0.4 is 5.32 Å². The third-order valence-corrected chi connectivity index (χ3v) is 2.35. The van der Waals surface area contributed by atoms with Crippen LogP contribution in [0.1, 0.15) is 5.56 Å². The minimum absolute atomic E-state index is 0.783. The standard InChI is InChI=1S/C10H10BrNO/c1-12-6-8-4-2-3-7-5-9(11)13-10(7)8/h2-5,12H,6H2,1H3. The molecule has 1 heterocycles. The highest BCUT2D eigenvalue weighted by atomic mass is 79.9. The van der Waals surface area contributed by atoms with Gasteiger partial charge in [0, 0.05) is 17.5 Å². The molecule has 1 aromatic carbocycles. The second-order valence-corrected chi connectivity index (χ2v) is 3.70. The van der Waals surface area contributed by atoms with Crippen molar-refractivity contribution < 1.29 is 4.42 Å². The van der Waals surface area contributed by atoms with Gasteiger partial charge < -0.3 is 9.73 Å². The minimum atomic E-state index is 0.783. The Balaban J connectivity index is 2.60. The van der Waals surface area contributed by atoms with Crippen molar-refractivity contribution in [1.82, 2.24) is 5.32 Å². The lowest BCUT2D eigenvalue weighted by Crippen LogP contribution is -2.04. The Morgan fingerprint density at radius 2 is 2.31 bits per heavy atom. The molecule has 0 aliphatic heterocycles. The lowest BCUT2D eigenvalue weighted by Gasteiger charge is -1.99. The predicted octanol–water partition coefficient (Wildman–Crippen LogP) is 2.91. The molecule has 13 heavy (non-hydrogen) atoms. The molecule has 0 spiro atoms. The zero-order valence-electron chi connectivity index (χ0n) is 7.30. The maximum Gasteiger partial charge on any atom is 0.170 e. The molecule has 0 saturated carbocycles. The molecular weight excluding hydrogens is 230 g/mol. The predicted molar refractivity (Wildman–Crippen MR) is 56.7 cm³/mol. The number of para-hydroxylation sites is 1. The quantitative estimate of drug-likeness (QED) is 0.872. The number of halogens is 1. The molecule has 0 radical (unpaired) electrons. The molecule has 68 valence electrons. The maximum absolute atomic E-state index is 5.53. The first-order valence-electron chi connectivity index (χ1n) is 4.13. The van der Waals surface area contributed by atoms with Crippen molar-refractivity contribution in [3.63, 3.8) is 0 Å². The summed E-state index contributed by atoms with van der Waals surface area (Å²) >= 11 is 3.32. The van der Waals surface area contributed by atoms with Crippen LogP contribution in [0.15, 0.2) is 33.4 Å². The van der Waals surface area contributed by atoms with Gasteiger partial charge in [0.2, 0.25) is 0 Å². The Hall–Kier alpha value is -0.800. The van der Waals surface area contributed by atoms with Crippen LogP contribution >= 0.6 is 15.9 Å². The summed E-state index contributed by atoms with van der Waals surface area (Å²) in [6.45, 7) is 0.831. The topological polar surface area (TPSA) is 25.2 Å². The van der Waals surface area contributed by atoms with E-state index in [2.05, 4.69) is 27.3 Å². The zero-order valence-corrected chi connectivity index (χ0v) is 8.89. The van der Waals surface area contributed by atoms with E-state index in [-0.39, 0.29) is 0 Å². The van der Waals surface area contributed by atoms with E-state index in [4.69, 9.17) is 4.42 Å². The third kappa shape index (κ3) is 1.62. The Morgan fingerprint density at radius 3 is 3.08 bits per heavy atom. The molecule has 1 aromatic heterocycles. The van der Waals surface area contributed by atoms with Crippen LogP contribution in [0.25, 0.3) is 11.0 Å². The van der Waals surface area contributed by atoms with Gasteiger partial charge in [-0.05, 0) is 29.0 Å². The summed E-state index contributed by atoms with van der Waals surface area (Å²) in [7, 11) is 1.93. The van der Waals surface area contributed by atoms with E-state index in [0.717, 1.165) is 22.2 Å². The van der Waals surface area contributed by atoms with Gasteiger partial charge in [0.15, 0.2) is 4.67 Å². The highest BCUT2D eigenvalue weighted by molar-refractivity contribution is 9.10. The van der Waals surface area contributed by atoms with Crippen molar-refractivity contribution in [1.29, 1.82) is 0 Å². The summed E-state index contributed by atoms with van der Waals surface area (Å²) in [6, 6.07) is 8.13. The average molecular weight is 240 g/mol. The molecule has 2 nitrogen and oxygen atoms in total. The minimum Gasteiger partial charge on any atom is -0.449 e. The van der Waals surface area contributed by atoms with Crippen molar-refractivity contribution in [2.24, 2.45) is 0 Å². The van der Waals surface area contributed by atoms with E-state index >= 15 is 0 Å². The first-order chi connectivity index (χ1) is 6.31. The molecule has 0 aliphatic carbocycles. The lowest BCUT2D eigenvalue weighted by molar-refractivity contribution is 0.581. The van der Waals surface area contributed by atoms with E-state index in [1.807, 2.05) is 25.2 Å². The van der Waals surface area contributed by atoms with E-state index < -0.39 is 0 Å². The van der Waals surface area contributed by atoms with Gasteiger partial charge in [-0.15, -0.1) is 0 Å². The largest absolute Gasteiger partial charge is 0.449 e. The summed E-state index contributed by atoms with van der Waals surface area (Å²) in [5, 5.41) is 4.25. The van der Waals surface area contributed by atoms with Gasteiger partial charge in [0.05, 0.1) is 0 Å². The Labute approximate surface area is 85.1 Å². The first kappa shape index (κ1) is 8.78. The molecule has 0 atom stereocenters. The Morgan fingerprint density at radius 1 is 1.46 bits per heavy atom. The summed E-state index contributed by atoms with van der Waals surface area (Å²) in [5.74, 6) is 0. The van der Waals surface area contributed by atoms with Crippen molar-refractivity contribution >= 4 is 26.9 Å². The van der Waals surface area contributed by atoms with E-state index in [1.165, 1.54) is 5.56 Å². The summed E-state index contributed by atoms with van der Waals surface area (Å²) in [5.41, 5.74) is 2.15. The first-order valence-corrected chi connectivity index (χ1v) is 4.92. The summed E-state index contributed by atoms with van der Waals surface area (Å²) < 4.78 is 6.31. The van der Waals surface area contributed by atoms with E-state index in [9.17, 15) is 0 Å². The van der Waals surface area contributed by atoms with Crippen molar-refractivity contribution in [2.75, 3.05) is 7.05 Å². The van der Waals surface area contributed by atoms with Crippen LogP contribution in [0.5, 0.6) is 0 Å². The number of hydrogen-bond acceptors (Lipinski definition) is 2. The van der Waals surface area contributed by atoms with Gasteiger partial charge in [0.25, 0.3) is 0 Å². The van der Waals surface area contributed by atoms with Gasteiger partial charge in [-0.25, -0.2) is 0 Å². The van der Waals surface area contributed by atoms with Gasteiger partial charge in [-0.1, -0.05) is 18.2 Å². The number of nitrogens with one attached hydrogen (secondary N) is 1. The van der Waals surface area contributed by atoms with Crippen LogP contribution in [-0.4, -0.2) is 7.05 Å². The molecule has 0 fully saturated rings. The molecule has 0 saturated heterocycles. The smallest absolute Gasteiger partial charge is 0.170 e. The number of rotatable bonds is 2. The molecule has 2 rings (SSSR count). The molecule has 0 unspecified atom stereocenters. The van der Waals surface area contributed by atoms with Crippen LogP contribution in [0, 0.1) is 0 Å². The van der Waals surface area contributed by atoms with Crippen LogP contribution in [0.2, 0.25) is 0 Å². The van der Waals surface area contributed by atoms with Crippen molar-refractivity contribution in [2.45, 2.75) is 6.54 Å². The van der Waals surface area contributed by atoms with Crippen molar-refractivity contribution in [3.8, 4) is 0 Å². The van der Waals surface area contributed by atoms with Gasteiger partial charge in [-0.3, -0.25) is 0 Å². The average Bonchev–Trinajstić information content (AvgIpc) is 2.47. The van der Waals surface area contributed by atoms with E-state index in [1.54, 1.807) is 0 Å². The maximum atomic E-state index is 5.53. The third-order valence-electron chi connectivity index (χ3n) is 1.96. The molecule has 1 N–H and O–H groups in total. The summed E-state index contributed by atoms with van der Waals surface area (Å²) in [6.07, 6.45) is 0. The zero-order chi connectivity index (χ0) is 9.26. The van der Waals surface area contributed by atoms with Crippen LogP contribution in [-0.2, 0) is 6.54 Å². The number of benzene rings is 1. The van der Waals surface area contributed by atoms with Gasteiger partial charge >= 0.3 is 0 Å². The SMILES string of the molecule is CNCc1cccc2cc(Br)oc12. The highest BCUT2D eigenvalue weighted by Crippen LogP contribution is 2.25. The van der Waals surface area contributed by atoms with Crippen LogP contribution in [0.4, 0.5) is 0 Å². The number of fused-ring (bicyclic) bond motifs is 1. The van der Waals surface area contributed by atoms with Gasteiger partial charge in [-0.2, -0.15) is 0 Å². The molecule has 0 bridgehead atoms. The molecule has 0 amide bonds. The normalized spacial score (nSPS) is 10.9. The van der Waals surface area contributed by atoms with Gasteiger partial charge in [0.1, 0.15) is 5.58 Å². The Kier molecular flexibility index (Phi) is 2.38. The second-order valence-electron chi connectivity index (χ2n) is 2.92. The molecule has 0 aliphatic rings. The Bertz CT molecular complexity index is 422. The monoisotopic (exact) mass is 239 g/mol. The van der Waals surface area contributed by atoms with Crippen molar-refractivity contribution in [3.05, 3.63) is 34.5 Å². The fourth-order valence-corrected chi connectivity index (χ4v) is 1.83. The number of furan rings is 1. The molecule has 3 heteroatoms. The fraction of sp³-hybridized carbons (Fsp3) is 0.200. The van der Waals surface area contributed by atoms with Crippen LogP contribution in [0.3, 0.4) is 0 Å². The number of hydrogen-bond donors (Lipinski definition) is 1. The van der Waals surface area contributed by atoms with E-state index in [0.29, 0.717) is 0 Å². The lowest BCUT2D eigenvalue weighted by atomic mass is 10.1. The fourth-order valence-electron chi connectivity index (χ4n) is 1.42.